The van der Waals surface area contributed by atoms with Crippen molar-refractivity contribution in [3.05, 3.63) is 0 Å². The van der Waals surface area contributed by atoms with Gasteiger partial charge in [-0.05, 0) is 20.8 Å². The van der Waals surface area contributed by atoms with Gasteiger partial charge in [0.1, 0.15) is 17.3 Å². The van der Waals surface area contributed by atoms with E-state index in [-0.39, 0.29) is 18.2 Å². The summed E-state index contributed by atoms with van der Waals surface area (Å²) in [7, 11) is 0. The maximum atomic E-state index is 11.7. The molecule has 15 heavy (non-hydrogen) atoms. The molecule has 0 aromatic rings. The van der Waals surface area contributed by atoms with Crippen molar-refractivity contribution in [2.45, 2.75) is 32.8 Å². The summed E-state index contributed by atoms with van der Waals surface area (Å²) in [5.41, 5.74) is -0.800. The highest BCUT2D eigenvalue weighted by Gasteiger charge is 2.44. The van der Waals surface area contributed by atoms with E-state index in [1.165, 1.54) is 0 Å². The summed E-state index contributed by atoms with van der Waals surface area (Å²) in [6, 6.07) is 0. The molecule has 0 aromatic carbocycles. The molecule has 0 radical (unpaired) electrons. The Labute approximate surface area is 89.9 Å². The highest BCUT2D eigenvalue weighted by atomic mass is 16.5. The largest absolute Gasteiger partial charge is 0.381 e. The van der Waals surface area contributed by atoms with Crippen molar-refractivity contribution < 1.29 is 19.1 Å². The van der Waals surface area contributed by atoms with Gasteiger partial charge in [-0.1, -0.05) is 0 Å². The monoisotopic (exact) mass is 214 g/mol. The first-order valence-electron chi connectivity index (χ1n) is 5.27. The van der Waals surface area contributed by atoms with Crippen LogP contribution in [-0.2, 0) is 19.1 Å². The maximum absolute atomic E-state index is 11.7. The second-order valence-electron chi connectivity index (χ2n) is 4.15. The molecule has 0 aromatic heterocycles. The molecule has 1 aliphatic heterocycles. The molecule has 86 valence electrons. The lowest BCUT2D eigenvalue weighted by Crippen LogP contribution is -2.33. The Bertz CT molecular complexity index is 257. The zero-order valence-corrected chi connectivity index (χ0v) is 9.54. The van der Waals surface area contributed by atoms with E-state index in [9.17, 15) is 9.59 Å². The first-order valence-corrected chi connectivity index (χ1v) is 5.27. The Morgan fingerprint density at radius 2 is 2.27 bits per heavy atom. The standard InChI is InChI=1S/C11H18O4/c1-4-14-6-5-9(12)8-7-15-11(2,3)10(8)13/h8H,4-7H2,1-3H3. The van der Waals surface area contributed by atoms with Crippen molar-refractivity contribution in [3.8, 4) is 0 Å². The van der Waals surface area contributed by atoms with E-state index in [0.29, 0.717) is 19.6 Å². The molecule has 1 saturated heterocycles. The van der Waals surface area contributed by atoms with E-state index in [1.54, 1.807) is 13.8 Å². The fraction of sp³-hybridized carbons (Fsp3) is 0.818. The average molecular weight is 214 g/mol. The molecule has 1 unspecified atom stereocenters. The third-order valence-corrected chi connectivity index (χ3v) is 2.61. The molecule has 0 amide bonds. The summed E-state index contributed by atoms with van der Waals surface area (Å²) in [5.74, 6) is -0.761. The zero-order valence-electron chi connectivity index (χ0n) is 9.54. The van der Waals surface area contributed by atoms with Crippen LogP contribution in [0.25, 0.3) is 0 Å². The Morgan fingerprint density at radius 3 is 2.73 bits per heavy atom. The number of hydrogen-bond acceptors (Lipinski definition) is 4. The van der Waals surface area contributed by atoms with Gasteiger partial charge in [0.15, 0.2) is 5.78 Å². The third kappa shape index (κ3) is 2.86. The van der Waals surface area contributed by atoms with E-state index in [0.717, 1.165) is 0 Å². The molecule has 0 saturated carbocycles. The van der Waals surface area contributed by atoms with Gasteiger partial charge < -0.3 is 9.47 Å². The van der Waals surface area contributed by atoms with Crippen LogP contribution in [0.3, 0.4) is 0 Å². The van der Waals surface area contributed by atoms with Crippen LogP contribution in [0.2, 0.25) is 0 Å². The van der Waals surface area contributed by atoms with Crippen molar-refractivity contribution in [1.82, 2.24) is 0 Å². The van der Waals surface area contributed by atoms with Crippen molar-refractivity contribution in [2.24, 2.45) is 5.92 Å². The van der Waals surface area contributed by atoms with Gasteiger partial charge in [-0.2, -0.15) is 0 Å². The Kier molecular flexibility index (Phi) is 3.99. The molecule has 1 atom stereocenters. The minimum absolute atomic E-state index is 0.0703. The van der Waals surface area contributed by atoms with Crippen molar-refractivity contribution in [1.29, 1.82) is 0 Å². The molecule has 4 heteroatoms. The van der Waals surface area contributed by atoms with Crippen molar-refractivity contribution >= 4 is 11.6 Å². The molecular weight excluding hydrogens is 196 g/mol. The van der Waals surface area contributed by atoms with Gasteiger partial charge in [-0.25, -0.2) is 0 Å². The van der Waals surface area contributed by atoms with Gasteiger partial charge in [0, 0.05) is 13.0 Å². The summed E-state index contributed by atoms with van der Waals surface area (Å²) in [4.78, 5) is 23.4. The molecule has 0 bridgehead atoms. The number of rotatable bonds is 5. The average Bonchev–Trinajstić information content (AvgIpc) is 2.43. The van der Waals surface area contributed by atoms with Crippen LogP contribution < -0.4 is 0 Å². The highest BCUT2D eigenvalue weighted by Crippen LogP contribution is 2.26. The molecule has 4 nitrogen and oxygen atoms in total. The minimum Gasteiger partial charge on any atom is -0.381 e. The molecule has 0 aliphatic carbocycles. The van der Waals surface area contributed by atoms with Gasteiger partial charge in [0.25, 0.3) is 0 Å². The number of Topliss-reactive ketones (excluding diaryl/α,β-unsaturated/α-hetero) is 2. The Morgan fingerprint density at radius 1 is 1.60 bits per heavy atom. The van der Waals surface area contributed by atoms with Crippen LogP contribution in [0.5, 0.6) is 0 Å². The SMILES string of the molecule is CCOCCC(=O)C1COC(C)(C)C1=O. The molecular formula is C11H18O4. The lowest BCUT2D eigenvalue weighted by molar-refractivity contribution is -0.134. The predicted molar refractivity (Wildman–Crippen MR) is 54.6 cm³/mol. The first kappa shape index (κ1) is 12.3. The summed E-state index contributed by atoms with van der Waals surface area (Å²) in [5, 5.41) is 0. The number of carbonyl (C=O) groups excluding carboxylic acids is 2. The third-order valence-electron chi connectivity index (χ3n) is 2.61. The second-order valence-corrected chi connectivity index (χ2v) is 4.15. The van der Waals surface area contributed by atoms with Crippen LogP contribution in [0.1, 0.15) is 27.2 Å². The normalized spacial score (nSPS) is 24.5. The summed E-state index contributed by atoms with van der Waals surface area (Å²) >= 11 is 0. The van der Waals surface area contributed by atoms with E-state index in [4.69, 9.17) is 9.47 Å². The number of hydrogen-bond donors (Lipinski definition) is 0. The maximum Gasteiger partial charge on any atom is 0.176 e. The summed E-state index contributed by atoms with van der Waals surface area (Å²) < 4.78 is 10.4. The van der Waals surface area contributed by atoms with Crippen LogP contribution in [0.15, 0.2) is 0 Å². The lowest BCUT2D eigenvalue weighted by Gasteiger charge is -2.13. The van der Waals surface area contributed by atoms with E-state index in [2.05, 4.69) is 0 Å². The van der Waals surface area contributed by atoms with Gasteiger partial charge in [-0.15, -0.1) is 0 Å². The van der Waals surface area contributed by atoms with Crippen LogP contribution in [0.4, 0.5) is 0 Å². The minimum atomic E-state index is -0.800. The number of carbonyl (C=O) groups is 2. The van der Waals surface area contributed by atoms with Gasteiger partial charge in [0.05, 0.1) is 13.2 Å². The van der Waals surface area contributed by atoms with Gasteiger partial charge in [0.2, 0.25) is 0 Å². The van der Waals surface area contributed by atoms with Gasteiger partial charge >= 0.3 is 0 Å². The molecule has 0 spiro atoms. The topological polar surface area (TPSA) is 52.6 Å². The van der Waals surface area contributed by atoms with Gasteiger partial charge in [-0.3, -0.25) is 9.59 Å². The predicted octanol–water partition coefficient (Wildman–Crippen LogP) is 0.976. The highest BCUT2D eigenvalue weighted by molar-refractivity contribution is 6.07. The van der Waals surface area contributed by atoms with Crippen molar-refractivity contribution in [2.75, 3.05) is 19.8 Å². The molecule has 1 aliphatic rings. The van der Waals surface area contributed by atoms with Crippen LogP contribution in [0, 0.1) is 5.92 Å². The summed E-state index contributed by atoms with van der Waals surface area (Å²) in [6.07, 6.45) is 0.295. The fourth-order valence-electron chi connectivity index (χ4n) is 1.59. The quantitative estimate of drug-likeness (QED) is 0.505. The fourth-order valence-corrected chi connectivity index (χ4v) is 1.59. The summed E-state index contributed by atoms with van der Waals surface area (Å²) in [6.45, 7) is 6.47. The van der Waals surface area contributed by atoms with E-state index >= 15 is 0 Å². The van der Waals surface area contributed by atoms with Crippen molar-refractivity contribution in [3.63, 3.8) is 0 Å². The Hall–Kier alpha value is -0.740. The number of ether oxygens (including phenoxy) is 2. The van der Waals surface area contributed by atoms with E-state index in [1.807, 2.05) is 6.92 Å². The molecule has 0 N–H and O–H groups in total. The molecule has 1 heterocycles. The smallest absolute Gasteiger partial charge is 0.176 e. The number of ketones is 2. The van der Waals surface area contributed by atoms with E-state index < -0.39 is 11.5 Å². The second kappa shape index (κ2) is 4.86. The molecule has 1 fully saturated rings. The van der Waals surface area contributed by atoms with Crippen LogP contribution in [-0.4, -0.2) is 37.0 Å². The Balaban J connectivity index is 2.45. The van der Waals surface area contributed by atoms with Crippen LogP contribution >= 0.6 is 0 Å². The zero-order chi connectivity index (χ0) is 11.5. The molecule has 1 rings (SSSR count). The lowest BCUT2D eigenvalue weighted by atomic mass is 9.91. The first-order chi connectivity index (χ1) is 6.99.